The molecule has 1 unspecified atom stereocenters. The van der Waals surface area contributed by atoms with Crippen molar-refractivity contribution in [3.63, 3.8) is 0 Å². The fraction of sp³-hybridized carbons (Fsp3) is 0.192. The van der Waals surface area contributed by atoms with Crippen molar-refractivity contribution in [1.82, 2.24) is 15.0 Å². The SMILES string of the molecule is c1ccc(CCNc2nccc(C3CCc4ccc(-c5ccccc5)nc4N3)n2)cc1. The van der Waals surface area contributed by atoms with Gasteiger partial charge in [0.1, 0.15) is 5.82 Å². The molecule has 1 aliphatic rings. The van der Waals surface area contributed by atoms with Crippen molar-refractivity contribution in [3.05, 3.63) is 102 Å². The van der Waals surface area contributed by atoms with E-state index in [2.05, 4.69) is 64.1 Å². The van der Waals surface area contributed by atoms with Gasteiger partial charge in [0, 0.05) is 18.3 Å². The number of aryl methyl sites for hydroxylation is 1. The van der Waals surface area contributed by atoms with E-state index >= 15 is 0 Å². The number of hydrogen-bond donors (Lipinski definition) is 2. The van der Waals surface area contributed by atoms with Gasteiger partial charge >= 0.3 is 0 Å². The standard InChI is InChI=1S/C26H25N5/c1-3-7-19(8-4-1)15-17-27-26-28-18-16-24(31-26)23-14-12-21-11-13-22(29-25(21)30-23)20-9-5-2-6-10-20/h1-11,13,16,18,23H,12,14-15,17H2,(H,29,30)(H,27,28,31). The van der Waals surface area contributed by atoms with Gasteiger partial charge in [0.2, 0.25) is 5.95 Å². The third-order valence-electron chi connectivity index (χ3n) is 5.64. The molecule has 2 aromatic heterocycles. The van der Waals surface area contributed by atoms with Crippen LogP contribution in [0.15, 0.2) is 85.1 Å². The summed E-state index contributed by atoms with van der Waals surface area (Å²) < 4.78 is 0. The quantitative estimate of drug-likeness (QED) is 0.455. The third-order valence-corrected chi connectivity index (χ3v) is 5.64. The summed E-state index contributed by atoms with van der Waals surface area (Å²) in [6.45, 7) is 0.802. The van der Waals surface area contributed by atoms with Crippen molar-refractivity contribution in [1.29, 1.82) is 0 Å². The van der Waals surface area contributed by atoms with E-state index in [1.807, 2.05) is 36.5 Å². The number of aromatic nitrogens is 3. The summed E-state index contributed by atoms with van der Waals surface area (Å²) >= 11 is 0. The third kappa shape index (κ3) is 4.56. The molecule has 31 heavy (non-hydrogen) atoms. The molecule has 0 bridgehead atoms. The van der Waals surface area contributed by atoms with Crippen LogP contribution in [-0.4, -0.2) is 21.5 Å². The lowest BCUT2D eigenvalue weighted by Gasteiger charge is -2.26. The molecular weight excluding hydrogens is 382 g/mol. The van der Waals surface area contributed by atoms with Crippen molar-refractivity contribution in [2.45, 2.75) is 25.3 Å². The van der Waals surface area contributed by atoms with Gasteiger partial charge in [-0.2, -0.15) is 0 Å². The second kappa shape index (κ2) is 8.96. The first-order valence-electron chi connectivity index (χ1n) is 10.8. The van der Waals surface area contributed by atoms with Crippen LogP contribution in [0.4, 0.5) is 11.8 Å². The van der Waals surface area contributed by atoms with Crippen molar-refractivity contribution in [3.8, 4) is 11.3 Å². The van der Waals surface area contributed by atoms with Gasteiger partial charge in [-0.1, -0.05) is 66.7 Å². The minimum Gasteiger partial charge on any atom is -0.361 e. The number of nitrogens with zero attached hydrogens (tertiary/aromatic N) is 3. The lowest BCUT2D eigenvalue weighted by molar-refractivity contribution is 0.643. The van der Waals surface area contributed by atoms with Gasteiger partial charge in [0.25, 0.3) is 0 Å². The maximum Gasteiger partial charge on any atom is 0.222 e. The Labute approximate surface area is 182 Å². The van der Waals surface area contributed by atoms with Crippen molar-refractivity contribution >= 4 is 11.8 Å². The van der Waals surface area contributed by atoms with E-state index in [1.54, 1.807) is 0 Å². The zero-order chi connectivity index (χ0) is 20.9. The first kappa shape index (κ1) is 19.2. The molecule has 2 N–H and O–H groups in total. The molecule has 5 heteroatoms. The van der Waals surface area contributed by atoms with Crippen molar-refractivity contribution < 1.29 is 0 Å². The van der Waals surface area contributed by atoms with Crippen LogP contribution in [0.5, 0.6) is 0 Å². The maximum atomic E-state index is 4.89. The van der Waals surface area contributed by atoms with E-state index in [9.17, 15) is 0 Å². The molecule has 0 fully saturated rings. The number of benzene rings is 2. The highest BCUT2D eigenvalue weighted by atomic mass is 15.1. The minimum absolute atomic E-state index is 0.128. The highest BCUT2D eigenvalue weighted by Gasteiger charge is 2.22. The van der Waals surface area contributed by atoms with Gasteiger partial charge < -0.3 is 10.6 Å². The Kier molecular flexibility index (Phi) is 5.56. The normalized spacial score (nSPS) is 15.0. The summed E-state index contributed by atoms with van der Waals surface area (Å²) in [5, 5.41) is 6.96. The number of hydrogen-bond acceptors (Lipinski definition) is 5. The zero-order valence-corrected chi connectivity index (χ0v) is 17.3. The summed E-state index contributed by atoms with van der Waals surface area (Å²) in [5.41, 5.74) is 5.66. The Morgan fingerprint density at radius 1 is 0.871 bits per heavy atom. The summed E-state index contributed by atoms with van der Waals surface area (Å²) in [4.78, 5) is 14.1. The summed E-state index contributed by atoms with van der Waals surface area (Å²) in [5.74, 6) is 1.63. The molecule has 0 saturated carbocycles. The molecular formula is C26H25N5. The first-order chi connectivity index (χ1) is 15.3. The smallest absolute Gasteiger partial charge is 0.222 e. The van der Waals surface area contributed by atoms with Crippen LogP contribution in [0, 0.1) is 0 Å². The summed E-state index contributed by atoms with van der Waals surface area (Å²) in [7, 11) is 0. The van der Waals surface area contributed by atoms with Gasteiger partial charge in [0.15, 0.2) is 0 Å². The Bertz CT molecular complexity index is 1140. The van der Waals surface area contributed by atoms with E-state index in [1.165, 1.54) is 11.1 Å². The van der Waals surface area contributed by atoms with Gasteiger partial charge in [0.05, 0.1) is 17.4 Å². The fourth-order valence-electron chi connectivity index (χ4n) is 3.96. The molecule has 154 valence electrons. The van der Waals surface area contributed by atoms with E-state index in [-0.39, 0.29) is 6.04 Å². The number of fused-ring (bicyclic) bond motifs is 1. The molecule has 5 nitrogen and oxygen atoms in total. The highest BCUT2D eigenvalue weighted by Crippen LogP contribution is 2.32. The van der Waals surface area contributed by atoms with Crippen LogP contribution in [-0.2, 0) is 12.8 Å². The molecule has 0 saturated heterocycles. The molecule has 3 heterocycles. The molecule has 0 spiro atoms. The highest BCUT2D eigenvalue weighted by molar-refractivity contribution is 5.63. The van der Waals surface area contributed by atoms with E-state index in [0.29, 0.717) is 5.95 Å². The number of rotatable bonds is 6. The molecule has 1 atom stereocenters. The molecule has 4 aromatic rings. The monoisotopic (exact) mass is 407 g/mol. The van der Waals surface area contributed by atoms with Crippen LogP contribution >= 0.6 is 0 Å². The largest absolute Gasteiger partial charge is 0.361 e. The zero-order valence-electron chi connectivity index (χ0n) is 17.3. The second-order valence-corrected chi connectivity index (χ2v) is 7.77. The lowest BCUT2D eigenvalue weighted by Crippen LogP contribution is -2.21. The van der Waals surface area contributed by atoms with Gasteiger partial charge in [-0.25, -0.2) is 15.0 Å². The maximum absolute atomic E-state index is 4.89. The molecule has 5 rings (SSSR count). The molecule has 1 aliphatic heterocycles. The Morgan fingerprint density at radius 3 is 2.52 bits per heavy atom. The topological polar surface area (TPSA) is 62.7 Å². The molecule has 0 amide bonds. The predicted octanol–water partition coefficient (Wildman–Crippen LogP) is 5.29. The average Bonchev–Trinajstić information content (AvgIpc) is 2.85. The average molecular weight is 408 g/mol. The number of anilines is 2. The van der Waals surface area contributed by atoms with Gasteiger partial charge in [-0.3, -0.25) is 0 Å². The van der Waals surface area contributed by atoms with Crippen LogP contribution in [0.25, 0.3) is 11.3 Å². The van der Waals surface area contributed by atoms with Crippen molar-refractivity contribution in [2.75, 3.05) is 17.2 Å². The van der Waals surface area contributed by atoms with Crippen LogP contribution < -0.4 is 10.6 Å². The Balaban J connectivity index is 1.28. The molecule has 2 aromatic carbocycles. The van der Waals surface area contributed by atoms with Gasteiger partial charge in [-0.15, -0.1) is 0 Å². The van der Waals surface area contributed by atoms with Crippen molar-refractivity contribution in [2.24, 2.45) is 0 Å². The molecule has 0 aliphatic carbocycles. The van der Waals surface area contributed by atoms with E-state index in [4.69, 9.17) is 9.97 Å². The van der Waals surface area contributed by atoms with Crippen LogP contribution in [0.1, 0.15) is 29.3 Å². The predicted molar refractivity (Wildman–Crippen MR) is 125 cm³/mol. The second-order valence-electron chi connectivity index (χ2n) is 7.77. The molecule has 0 radical (unpaired) electrons. The van der Waals surface area contributed by atoms with E-state index in [0.717, 1.165) is 48.6 Å². The minimum atomic E-state index is 0.128. The van der Waals surface area contributed by atoms with Crippen LogP contribution in [0.2, 0.25) is 0 Å². The van der Waals surface area contributed by atoms with Crippen LogP contribution in [0.3, 0.4) is 0 Å². The summed E-state index contributed by atoms with van der Waals surface area (Å²) in [6, 6.07) is 27.1. The number of pyridine rings is 1. The first-order valence-corrected chi connectivity index (χ1v) is 10.8. The van der Waals surface area contributed by atoms with Gasteiger partial charge in [-0.05, 0) is 42.5 Å². The summed E-state index contributed by atoms with van der Waals surface area (Å²) in [6.07, 6.45) is 4.74. The van der Waals surface area contributed by atoms with E-state index < -0.39 is 0 Å². The Hall–Kier alpha value is -3.73. The fourth-order valence-corrected chi connectivity index (χ4v) is 3.96. The lowest BCUT2D eigenvalue weighted by atomic mass is 9.98. The number of nitrogens with one attached hydrogen (secondary N) is 2. The Morgan fingerprint density at radius 2 is 1.68 bits per heavy atom.